The van der Waals surface area contributed by atoms with Gasteiger partial charge in [-0.1, -0.05) is 29.8 Å². The van der Waals surface area contributed by atoms with Crippen molar-refractivity contribution in [3.8, 4) is 0 Å². The number of para-hydroxylation sites is 2. The van der Waals surface area contributed by atoms with Gasteiger partial charge in [-0.25, -0.2) is 4.98 Å². The Labute approximate surface area is 176 Å². The Morgan fingerprint density at radius 1 is 1.17 bits per heavy atom. The molecule has 1 aromatic heterocycles. The second kappa shape index (κ2) is 7.94. The maximum atomic E-state index is 13.0. The van der Waals surface area contributed by atoms with Crippen LogP contribution in [0.4, 0.5) is 5.69 Å². The highest BCUT2D eigenvalue weighted by Gasteiger charge is 2.36. The van der Waals surface area contributed by atoms with E-state index >= 15 is 0 Å². The van der Waals surface area contributed by atoms with Crippen molar-refractivity contribution >= 4 is 28.6 Å². The highest BCUT2D eigenvalue weighted by atomic mass is 16.5. The summed E-state index contributed by atoms with van der Waals surface area (Å²) < 4.78 is 7.08. The molecule has 0 saturated carbocycles. The van der Waals surface area contributed by atoms with E-state index in [1.165, 1.54) is 5.56 Å². The second-order valence-corrected chi connectivity index (χ2v) is 8.00. The van der Waals surface area contributed by atoms with E-state index in [-0.39, 0.29) is 24.3 Å². The number of carbonyl (C=O) groups is 2. The van der Waals surface area contributed by atoms with Gasteiger partial charge in [-0.3, -0.25) is 9.59 Å². The number of aryl methyl sites for hydroxylation is 3. The summed E-state index contributed by atoms with van der Waals surface area (Å²) in [5, 5.41) is 0. The second-order valence-electron chi connectivity index (χ2n) is 8.00. The largest absolute Gasteiger partial charge is 0.465 e. The molecule has 1 aliphatic heterocycles. The lowest BCUT2D eigenvalue weighted by atomic mass is 10.0. The van der Waals surface area contributed by atoms with Crippen molar-refractivity contribution in [2.75, 3.05) is 18.1 Å². The van der Waals surface area contributed by atoms with Crippen LogP contribution in [-0.4, -0.2) is 34.6 Å². The van der Waals surface area contributed by atoms with Crippen LogP contribution in [0.1, 0.15) is 41.8 Å². The van der Waals surface area contributed by atoms with Crippen LogP contribution < -0.4 is 4.90 Å². The molecule has 0 radical (unpaired) electrons. The first kappa shape index (κ1) is 20.1. The number of hydrogen-bond acceptors (Lipinski definition) is 4. The normalized spacial score (nSPS) is 16.5. The van der Waals surface area contributed by atoms with E-state index in [9.17, 15) is 9.59 Å². The predicted octanol–water partition coefficient (Wildman–Crippen LogP) is 4.05. The van der Waals surface area contributed by atoms with Gasteiger partial charge in [0.05, 0.1) is 17.6 Å². The van der Waals surface area contributed by atoms with Crippen LogP contribution in [0.25, 0.3) is 11.0 Å². The fourth-order valence-electron chi connectivity index (χ4n) is 4.60. The van der Waals surface area contributed by atoms with Gasteiger partial charge in [0.25, 0.3) is 0 Å². The van der Waals surface area contributed by atoms with Crippen LogP contribution in [0.3, 0.4) is 0 Å². The Kier molecular flexibility index (Phi) is 5.33. The number of benzene rings is 2. The van der Waals surface area contributed by atoms with Crippen molar-refractivity contribution in [2.45, 2.75) is 46.6 Å². The molecule has 6 nitrogen and oxygen atoms in total. The lowest BCUT2D eigenvalue weighted by Crippen LogP contribution is -2.26. The molecule has 1 fully saturated rings. The van der Waals surface area contributed by atoms with E-state index in [4.69, 9.17) is 9.72 Å². The number of imidazole rings is 1. The number of anilines is 1. The minimum Gasteiger partial charge on any atom is -0.465 e. The molecule has 2 heterocycles. The van der Waals surface area contributed by atoms with E-state index in [0.29, 0.717) is 19.6 Å². The van der Waals surface area contributed by atoms with E-state index in [2.05, 4.69) is 19.1 Å². The molecule has 1 saturated heterocycles. The average Bonchev–Trinajstić information content (AvgIpc) is 3.22. The molecule has 0 aliphatic carbocycles. The zero-order valence-electron chi connectivity index (χ0n) is 17.9. The molecule has 3 aromatic rings. The van der Waals surface area contributed by atoms with Gasteiger partial charge >= 0.3 is 5.97 Å². The van der Waals surface area contributed by atoms with Gasteiger partial charge in [0.1, 0.15) is 12.4 Å². The number of esters is 1. The molecule has 30 heavy (non-hydrogen) atoms. The van der Waals surface area contributed by atoms with Gasteiger partial charge in [-0.2, -0.15) is 0 Å². The topological polar surface area (TPSA) is 64.4 Å². The van der Waals surface area contributed by atoms with Crippen LogP contribution in [0.5, 0.6) is 0 Å². The molecule has 0 unspecified atom stereocenters. The Bertz CT molecular complexity index is 1110. The Morgan fingerprint density at radius 3 is 2.57 bits per heavy atom. The smallest absolute Gasteiger partial charge is 0.326 e. The minimum atomic E-state index is -0.298. The summed E-state index contributed by atoms with van der Waals surface area (Å²) in [4.78, 5) is 31.9. The molecule has 1 amide bonds. The first-order valence-corrected chi connectivity index (χ1v) is 10.4. The molecule has 0 bridgehead atoms. The minimum absolute atomic E-state index is 0.0839. The van der Waals surface area contributed by atoms with Crippen molar-refractivity contribution in [1.29, 1.82) is 0 Å². The lowest BCUT2D eigenvalue weighted by Gasteiger charge is -2.22. The van der Waals surface area contributed by atoms with E-state index < -0.39 is 0 Å². The summed E-state index contributed by atoms with van der Waals surface area (Å²) in [5.41, 5.74) is 6.08. The molecule has 1 aliphatic rings. The highest BCUT2D eigenvalue weighted by Crippen LogP contribution is 2.36. The first-order chi connectivity index (χ1) is 14.4. The fourth-order valence-corrected chi connectivity index (χ4v) is 4.60. The number of rotatable bonds is 5. The molecule has 0 spiro atoms. The van der Waals surface area contributed by atoms with Gasteiger partial charge in [-0.05, 0) is 51.0 Å². The molecule has 1 atom stereocenters. The maximum absolute atomic E-state index is 13.0. The third-order valence-electron chi connectivity index (χ3n) is 5.67. The molecular weight excluding hydrogens is 378 g/mol. The summed E-state index contributed by atoms with van der Waals surface area (Å²) in [6.45, 7) is 8.94. The van der Waals surface area contributed by atoms with Crippen molar-refractivity contribution < 1.29 is 14.3 Å². The molecule has 4 rings (SSSR count). The van der Waals surface area contributed by atoms with Gasteiger partial charge < -0.3 is 14.2 Å². The summed E-state index contributed by atoms with van der Waals surface area (Å²) in [6.07, 6.45) is 0.374. The lowest BCUT2D eigenvalue weighted by molar-refractivity contribution is -0.143. The predicted molar refractivity (Wildman–Crippen MR) is 117 cm³/mol. The molecule has 0 N–H and O–H groups in total. The number of hydrogen-bond donors (Lipinski definition) is 0. The van der Waals surface area contributed by atoms with Gasteiger partial charge in [0.15, 0.2) is 0 Å². The fraction of sp³-hybridized carbons (Fsp3) is 0.375. The zero-order chi connectivity index (χ0) is 21.4. The third kappa shape index (κ3) is 3.58. The highest BCUT2D eigenvalue weighted by molar-refractivity contribution is 5.98. The van der Waals surface area contributed by atoms with E-state index in [0.717, 1.165) is 33.7 Å². The van der Waals surface area contributed by atoms with Crippen molar-refractivity contribution in [3.05, 3.63) is 58.9 Å². The monoisotopic (exact) mass is 405 g/mol. The number of carbonyl (C=O) groups excluding carboxylic acids is 2. The van der Waals surface area contributed by atoms with E-state index in [1.54, 1.807) is 6.92 Å². The maximum Gasteiger partial charge on any atom is 0.326 e. The average molecular weight is 405 g/mol. The van der Waals surface area contributed by atoms with Crippen LogP contribution >= 0.6 is 0 Å². The third-order valence-corrected chi connectivity index (χ3v) is 5.67. The number of aromatic nitrogens is 2. The molecule has 2 aromatic carbocycles. The summed E-state index contributed by atoms with van der Waals surface area (Å²) in [5.74, 6) is 0.472. The molecular formula is C24H27N3O3. The molecule has 6 heteroatoms. The first-order valence-electron chi connectivity index (χ1n) is 10.4. The number of nitrogens with zero attached hydrogens (tertiary/aromatic N) is 3. The van der Waals surface area contributed by atoms with Crippen molar-refractivity contribution in [3.63, 3.8) is 0 Å². The zero-order valence-corrected chi connectivity index (χ0v) is 17.9. The molecule has 156 valence electrons. The Morgan fingerprint density at radius 2 is 1.87 bits per heavy atom. The number of amides is 1. The van der Waals surface area contributed by atoms with Crippen LogP contribution in [0.2, 0.25) is 0 Å². The summed E-state index contributed by atoms with van der Waals surface area (Å²) in [7, 11) is 0. The van der Waals surface area contributed by atoms with Gasteiger partial charge in [0.2, 0.25) is 5.91 Å². The summed E-state index contributed by atoms with van der Waals surface area (Å²) in [6, 6.07) is 12.0. The number of ether oxygens (including phenoxy) is 1. The van der Waals surface area contributed by atoms with Crippen molar-refractivity contribution in [1.82, 2.24) is 9.55 Å². The SMILES string of the molecule is CCOC(=O)Cn1c([C@H]2CC(=O)N(c3c(C)cc(C)cc3C)C2)nc2ccccc21. The van der Waals surface area contributed by atoms with Gasteiger partial charge in [0, 0.05) is 24.6 Å². The van der Waals surface area contributed by atoms with Crippen LogP contribution in [-0.2, 0) is 20.9 Å². The van der Waals surface area contributed by atoms with Crippen LogP contribution in [0, 0.1) is 20.8 Å². The number of fused-ring (bicyclic) bond motifs is 1. The van der Waals surface area contributed by atoms with E-state index in [1.807, 2.05) is 47.6 Å². The van der Waals surface area contributed by atoms with Crippen LogP contribution in [0.15, 0.2) is 36.4 Å². The Balaban J connectivity index is 1.72. The standard InChI is InChI=1S/C24H27N3O3/c1-5-30-22(29)14-26-20-9-7-6-8-19(20)25-24(26)18-12-21(28)27(13-18)23-16(3)10-15(2)11-17(23)4/h6-11,18H,5,12-14H2,1-4H3/t18-/m0/s1. The van der Waals surface area contributed by atoms with Gasteiger partial charge in [-0.15, -0.1) is 0 Å². The quantitative estimate of drug-likeness (QED) is 0.601. The Hall–Kier alpha value is -3.15. The van der Waals surface area contributed by atoms with Crippen molar-refractivity contribution in [2.24, 2.45) is 0 Å². The summed E-state index contributed by atoms with van der Waals surface area (Å²) >= 11 is 0.